The second kappa shape index (κ2) is 10.4. The van der Waals surface area contributed by atoms with E-state index in [0.29, 0.717) is 25.3 Å². The highest BCUT2D eigenvalue weighted by atomic mass is 19.3. The summed E-state index contributed by atoms with van der Waals surface area (Å²) in [7, 11) is 5.28. The Morgan fingerprint density at radius 1 is 1.16 bits per heavy atom. The average molecular weight is 434 g/mol. The summed E-state index contributed by atoms with van der Waals surface area (Å²) in [6.45, 7) is -1.43. The van der Waals surface area contributed by atoms with Crippen LogP contribution in [0.2, 0.25) is 0 Å². The van der Waals surface area contributed by atoms with Crippen LogP contribution in [0.4, 0.5) is 14.5 Å². The summed E-state index contributed by atoms with van der Waals surface area (Å²) < 4.78 is 40.5. The molecule has 1 aliphatic rings. The molecule has 0 aromatic heterocycles. The van der Waals surface area contributed by atoms with Crippen LogP contribution in [-0.2, 0) is 11.3 Å². The molecule has 1 amide bonds. The van der Waals surface area contributed by atoms with Gasteiger partial charge in [0.2, 0.25) is 0 Å². The van der Waals surface area contributed by atoms with E-state index in [2.05, 4.69) is 4.74 Å². The maximum atomic E-state index is 13.3. The number of methoxy groups -OCH3 is 1. The smallest absolute Gasteiger partial charge is 0.387 e. The normalized spacial score (nSPS) is 15.7. The monoisotopic (exact) mass is 434 g/mol. The molecule has 8 heteroatoms. The number of rotatable bonds is 9. The highest BCUT2D eigenvalue weighted by molar-refractivity contribution is 5.95. The van der Waals surface area contributed by atoms with Gasteiger partial charge in [0.05, 0.1) is 13.2 Å². The third-order valence-electron chi connectivity index (χ3n) is 5.19. The maximum absolute atomic E-state index is 13.3. The van der Waals surface area contributed by atoms with Crippen molar-refractivity contribution < 1.29 is 27.8 Å². The molecule has 0 bridgehead atoms. The van der Waals surface area contributed by atoms with Gasteiger partial charge in [-0.25, -0.2) is 0 Å². The molecule has 1 unspecified atom stereocenters. The number of carbonyl (C=O) groups excluding carboxylic acids is 1. The minimum Gasteiger partial charge on any atom is -0.493 e. The lowest BCUT2D eigenvalue weighted by atomic mass is 10.1. The second-order valence-electron chi connectivity index (χ2n) is 7.63. The first kappa shape index (κ1) is 22.8. The van der Waals surface area contributed by atoms with Gasteiger partial charge in [-0.1, -0.05) is 12.1 Å². The second-order valence-corrected chi connectivity index (χ2v) is 7.63. The Kier molecular flexibility index (Phi) is 7.68. The molecule has 0 spiro atoms. The number of hydrogen-bond donors (Lipinski definition) is 0. The van der Waals surface area contributed by atoms with Crippen molar-refractivity contribution in [1.29, 1.82) is 0 Å². The fourth-order valence-corrected chi connectivity index (χ4v) is 3.55. The molecular formula is C23H28F2N2O4. The summed E-state index contributed by atoms with van der Waals surface area (Å²) in [5.74, 6) is -0.258. The van der Waals surface area contributed by atoms with E-state index in [1.165, 1.54) is 25.3 Å². The first-order valence-corrected chi connectivity index (χ1v) is 10.2. The molecule has 1 fully saturated rings. The van der Waals surface area contributed by atoms with Crippen LogP contribution in [0.25, 0.3) is 0 Å². The molecule has 3 rings (SSSR count). The van der Waals surface area contributed by atoms with Gasteiger partial charge in [0.15, 0.2) is 11.5 Å². The Labute approximate surface area is 181 Å². The number of amides is 1. The van der Waals surface area contributed by atoms with Crippen molar-refractivity contribution in [2.24, 2.45) is 0 Å². The molecule has 168 valence electrons. The fourth-order valence-electron chi connectivity index (χ4n) is 3.55. The first-order valence-electron chi connectivity index (χ1n) is 10.2. The summed E-state index contributed by atoms with van der Waals surface area (Å²) in [4.78, 5) is 17.1. The predicted octanol–water partition coefficient (Wildman–Crippen LogP) is 4.18. The molecule has 1 heterocycles. The van der Waals surface area contributed by atoms with Crippen LogP contribution in [0.3, 0.4) is 0 Å². The van der Waals surface area contributed by atoms with Crippen molar-refractivity contribution in [1.82, 2.24) is 4.90 Å². The number of benzene rings is 2. The van der Waals surface area contributed by atoms with Gasteiger partial charge in [-0.2, -0.15) is 8.78 Å². The Morgan fingerprint density at radius 3 is 2.48 bits per heavy atom. The van der Waals surface area contributed by atoms with Crippen molar-refractivity contribution in [2.75, 3.05) is 39.3 Å². The Morgan fingerprint density at radius 2 is 1.90 bits per heavy atom. The summed E-state index contributed by atoms with van der Waals surface area (Å²) in [6.07, 6.45) is 1.85. The summed E-state index contributed by atoms with van der Waals surface area (Å²) in [5, 5.41) is 0. The average Bonchev–Trinajstić information content (AvgIpc) is 3.26. The van der Waals surface area contributed by atoms with Crippen molar-refractivity contribution in [2.45, 2.75) is 32.1 Å². The van der Waals surface area contributed by atoms with Crippen molar-refractivity contribution in [3.63, 3.8) is 0 Å². The summed E-state index contributed by atoms with van der Waals surface area (Å²) in [5.41, 5.74) is 2.39. The van der Waals surface area contributed by atoms with Gasteiger partial charge in [0, 0.05) is 45.0 Å². The highest BCUT2D eigenvalue weighted by Gasteiger charge is 2.25. The number of carbonyl (C=O) groups is 1. The molecular weight excluding hydrogens is 406 g/mol. The van der Waals surface area contributed by atoms with E-state index in [1.54, 1.807) is 4.90 Å². The number of hydrogen-bond acceptors (Lipinski definition) is 5. The number of ether oxygens (including phenoxy) is 3. The lowest BCUT2D eigenvalue weighted by molar-refractivity contribution is -0.0512. The van der Waals surface area contributed by atoms with Gasteiger partial charge in [0.25, 0.3) is 5.91 Å². The minimum absolute atomic E-state index is 0.0201. The van der Waals surface area contributed by atoms with Crippen molar-refractivity contribution >= 4 is 11.6 Å². The predicted molar refractivity (Wildman–Crippen MR) is 114 cm³/mol. The molecule has 0 radical (unpaired) electrons. The molecule has 31 heavy (non-hydrogen) atoms. The highest BCUT2D eigenvalue weighted by Crippen LogP contribution is 2.30. The molecule has 1 aliphatic heterocycles. The van der Waals surface area contributed by atoms with E-state index in [-0.39, 0.29) is 23.5 Å². The van der Waals surface area contributed by atoms with Gasteiger partial charge in [-0.3, -0.25) is 4.79 Å². The summed E-state index contributed by atoms with van der Waals surface area (Å²) in [6, 6.07) is 12.2. The zero-order chi connectivity index (χ0) is 22.4. The molecule has 2 aromatic rings. The Hall–Kier alpha value is -2.87. The maximum Gasteiger partial charge on any atom is 0.387 e. The molecule has 2 aromatic carbocycles. The Balaban J connectivity index is 1.83. The van der Waals surface area contributed by atoms with E-state index in [1.807, 2.05) is 43.3 Å². The van der Waals surface area contributed by atoms with Gasteiger partial charge in [0.1, 0.15) is 0 Å². The topological polar surface area (TPSA) is 51.2 Å². The molecule has 0 N–H and O–H groups in total. The van der Waals surface area contributed by atoms with Crippen LogP contribution in [0.5, 0.6) is 11.5 Å². The number of halogens is 2. The van der Waals surface area contributed by atoms with Gasteiger partial charge >= 0.3 is 6.61 Å². The van der Waals surface area contributed by atoms with Crippen LogP contribution in [-0.4, -0.2) is 57.9 Å². The van der Waals surface area contributed by atoms with Crippen LogP contribution < -0.4 is 14.4 Å². The van der Waals surface area contributed by atoms with Crippen molar-refractivity contribution in [3.8, 4) is 11.5 Å². The quantitative estimate of drug-likeness (QED) is 0.593. The Bertz CT molecular complexity index is 868. The van der Waals surface area contributed by atoms with Gasteiger partial charge in [-0.05, 0) is 48.7 Å². The standard InChI is InChI=1S/C23H28F2N2O4/c1-26(2)18-9-6-16(7-10-18)14-27(15-19-5-4-12-30-19)22(28)17-8-11-20(31-23(24)25)21(13-17)29-3/h6-11,13,19,23H,4-5,12,14-15H2,1-3H3. The fraction of sp³-hybridized carbons (Fsp3) is 0.435. The lowest BCUT2D eigenvalue weighted by Gasteiger charge is -2.26. The molecule has 6 nitrogen and oxygen atoms in total. The largest absolute Gasteiger partial charge is 0.493 e. The van der Waals surface area contributed by atoms with E-state index in [0.717, 1.165) is 24.1 Å². The van der Waals surface area contributed by atoms with Crippen LogP contribution >= 0.6 is 0 Å². The van der Waals surface area contributed by atoms with Crippen LogP contribution in [0.15, 0.2) is 42.5 Å². The molecule has 0 saturated carbocycles. The SMILES string of the molecule is COc1cc(C(=O)N(Cc2ccc(N(C)C)cc2)CC2CCCO2)ccc1OC(F)F. The van der Waals surface area contributed by atoms with E-state index < -0.39 is 6.61 Å². The van der Waals surface area contributed by atoms with Crippen LogP contribution in [0, 0.1) is 0 Å². The lowest BCUT2D eigenvalue weighted by Crippen LogP contribution is -2.37. The summed E-state index contributed by atoms with van der Waals surface area (Å²) >= 11 is 0. The zero-order valence-corrected chi connectivity index (χ0v) is 18.0. The molecule has 0 aliphatic carbocycles. The van der Waals surface area contributed by atoms with E-state index in [9.17, 15) is 13.6 Å². The van der Waals surface area contributed by atoms with Gasteiger partial charge in [-0.15, -0.1) is 0 Å². The third-order valence-corrected chi connectivity index (χ3v) is 5.19. The van der Waals surface area contributed by atoms with Crippen molar-refractivity contribution in [3.05, 3.63) is 53.6 Å². The minimum atomic E-state index is -2.98. The zero-order valence-electron chi connectivity index (χ0n) is 18.0. The van der Waals surface area contributed by atoms with E-state index in [4.69, 9.17) is 9.47 Å². The number of nitrogens with zero attached hydrogens (tertiary/aromatic N) is 2. The number of anilines is 1. The third kappa shape index (κ3) is 6.07. The first-order chi connectivity index (χ1) is 14.9. The van der Waals surface area contributed by atoms with Crippen LogP contribution in [0.1, 0.15) is 28.8 Å². The molecule has 1 atom stereocenters. The van der Waals surface area contributed by atoms with Gasteiger partial charge < -0.3 is 24.0 Å². The molecule has 1 saturated heterocycles. The number of alkyl halides is 2. The van der Waals surface area contributed by atoms with E-state index >= 15 is 0 Å².